The predicted molar refractivity (Wildman–Crippen MR) is 163 cm³/mol. The van der Waals surface area contributed by atoms with E-state index in [4.69, 9.17) is 4.74 Å². The number of nitrogens with zero attached hydrogens (tertiary/aromatic N) is 4. The fourth-order valence-electron chi connectivity index (χ4n) is 4.81. The molecule has 5 rings (SSSR count). The third-order valence-corrected chi connectivity index (χ3v) is 10.1. The Kier molecular flexibility index (Phi) is 8.79. The Morgan fingerprint density at radius 3 is 2.44 bits per heavy atom. The van der Waals surface area contributed by atoms with Crippen molar-refractivity contribution in [2.45, 2.75) is 45.0 Å². The number of ether oxygens (including phenoxy) is 1. The molecule has 15 heteroatoms. The number of carbonyl (C=O) groups is 2. The van der Waals surface area contributed by atoms with Gasteiger partial charge in [0, 0.05) is 55.4 Å². The van der Waals surface area contributed by atoms with E-state index in [0.29, 0.717) is 28.7 Å². The number of benzene rings is 2. The third-order valence-electron chi connectivity index (χ3n) is 7.22. The number of rotatable bonds is 9. The van der Waals surface area contributed by atoms with Crippen LogP contribution in [-0.2, 0) is 24.1 Å². The van der Waals surface area contributed by atoms with E-state index >= 15 is 0 Å². The van der Waals surface area contributed by atoms with Crippen LogP contribution in [0.4, 0.5) is 28.9 Å². The number of nitro benzene ring substituents is 1. The van der Waals surface area contributed by atoms with Crippen LogP contribution < -0.4 is 4.90 Å². The van der Waals surface area contributed by atoms with Crippen LogP contribution in [0.15, 0.2) is 54.6 Å². The van der Waals surface area contributed by atoms with Gasteiger partial charge in [-0.3, -0.25) is 19.7 Å². The fraction of sp³-hybridized carbons (Fsp3) is 0.300. The van der Waals surface area contributed by atoms with Crippen molar-refractivity contribution in [2.75, 3.05) is 18.1 Å². The van der Waals surface area contributed by atoms with Gasteiger partial charge in [0.05, 0.1) is 15.5 Å². The summed E-state index contributed by atoms with van der Waals surface area (Å²) in [6.45, 7) is 6.50. The largest absolute Gasteiger partial charge is 0.435 e. The van der Waals surface area contributed by atoms with Gasteiger partial charge in [-0.25, -0.2) is 9.07 Å². The third kappa shape index (κ3) is 7.05. The molecular weight excluding hydrogens is 632 g/mol. The summed E-state index contributed by atoms with van der Waals surface area (Å²) in [7, 11) is -1.46. The minimum atomic E-state index is -4.77. The van der Waals surface area contributed by atoms with Crippen LogP contribution in [0.2, 0.25) is 25.7 Å². The van der Waals surface area contributed by atoms with Crippen molar-refractivity contribution in [1.29, 1.82) is 0 Å². The van der Waals surface area contributed by atoms with Crippen molar-refractivity contribution in [2.24, 2.45) is 0 Å². The van der Waals surface area contributed by atoms with Crippen molar-refractivity contribution >= 4 is 42.5 Å². The van der Waals surface area contributed by atoms with Crippen molar-refractivity contribution in [3.63, 3.8) is 0 Å². The molecule has 0 saturated carbocycles. The summed E-state index contributed by atoms with van der Waals surface area (Å²) in [5, 5.41) is 14.7. The molecule has 0 fully saturated rings. The number of amides is 1. The molecule has 3 heterocycles. The van der Waals surface area contributed by atoms with E-state index in [0.717, 1.165) is 22.1 Å². The first-order chi connectivity index (χ1) is 21.1. The average molecular weight is 661 g/mol. The molecule has 0 atom stereocenters. The van der Waals surface area contributed by atoms with Gasteiger partial charge in [0.25, 0.3) is 11.6 Å². The Morgan fingerprint density at radius 1 is 1.09 bits per heavy atom. The lowest BCUT2D eigenvalue weighted by Gasteiger charge is -2.23. The van der Waals surface area contributed by atoms with Gasteiger partial charge in [-0.2, -0.15) is 18.3 Å². The first-order valence-corrected chi connectivity index (χ1v) is 18.4. The summed E-state index contributed by atoms with van der Waals surface area (Å²) in [4.78, 5) is 39.7. The van der Waals surface area contributed by atoms with Gasteiger partial charge in [0.1, 0.15) is 18.2 Å². The lowest BCUT2D eigenvalue weighted by molar-refractivity contribution is -0.384. The number of carbonyl (C=O) groups excluding carboxylic acids is 2. The van der Waals surface area contributed by atoms with E-state index in [9.17, 15) is 37.3 Å². The van der Waals surface area contributed by atoms with Gasteiger partial charge in [0.15, 0.2) is 5.69 Å². The number of non-ortho nitro benzene ring substituents is 1. The van der Waals surface area contributed by atoms with Gasteiger partial charge in [0.2, 0.25) is 5.78 Å². The number of thiophene rings is 1. The van der Waals surface area contributed by atoms with E-state index in [2.05, 4.69) is 24.7 Å². The lowest BCUT2D eigenvalue weighted by Crippen LogP contribution is -2.32. The standard InChI is InChI=1S/C30H28F4N4O5SSi/c1-45(2,3)13-12-43-17-37-24(16-26(35-37)30(32,33)34)27(39)25-14-19-10-11-36(23-15-20(31)6-9-22(23)28(19)44-25)29(40)18-4-7-21(8-5-18)38(41)42/h4-9,14-16H,10-13,17H2,1-3H3. The van der Waals surface area contributed by atoms with E-state index < -0.39 is 42.4 Å². The van der Waals surface area contributed by atoms with Crippen molar-refractivity contribution in [1.82, 2.24) is 9.78 Å². The molecule has 0 radical (unpaired) electrons. The second kappa shape index (κ2) is 12.3. The summed E-state index contributed by atoms with van der Waals surface area (Å²) < 4.78 is 61.8. The minimum Gasteiger partial charge on any atom is -0.360 e. The molecular formula is C30H28F4N4O5SSi. The smallest absolute Gasteiger partial charge is 0.360 e. The Hall–Kier alpha value is -4.21. The Bertz CT molecular complexity index is 1780. The van der Waals surface area contributed by atoms with Crippen molar-refractivity contribution in [3.05, 3.63) is 97.9 Å². The van der Waals surface area contributed by atoms with Crippen LogP contribution >= 0.6 is 11.3 Å². The van der Waals surface area contributed by atoms with Gasteiger partial charge >= 0.3 is 6.18 Å². The maximum atomic E-state index is 14.5. The first-order valence-electron chi connectivity index (χ1n) is 13.9. The molecule has 2 aromatic heterocycles. The molecule has 0 saturated heterocycles. The molecule has 0 spiro atoms. The maximum absolute atomic E-state index is 14.5. The van der Waals surface area contributed by atoms with Crippen LogP contribution in [0.3, 0.4) is 0 Å². The topological polar surface area (TPSA) is 108 Å². The summed E-state index contributed by atoms with van der Waals surface area (Å²) in [6.07, 6.45) is -4.52. The predicted octanol–water partition coefficient (Wildman–Crippen LogP) is 7.42. The van der Waals surface area contributed by atoms with E-state index in [1.165, 1.54) is 47.4 Å². The number of alkyl halides is 3. The molecule has 45 heavy (non-hydrogen) atoms. The van der Waals surface area contributed by atoms with Gasteiger partial charge in [-0.15, -0.1) is 11.3 Å². The lowest BCUT2D eigenvalue weighted by atomic mass is 10.1. The van der Waals surface area contributed by atoms with Crippen LogP contribution in [0, 0.1) is 15.9 Å². The highest BCUT2D eigenvalue weighted by Gasteiger charge is 2.37. The summed E-state index contributed by atoms with van der Waals surface area (Å²) in [5.41, 5.74) is -0.156. The van der Waals surface area contributed by atoms with Crippen LogP contribution in [0.1, 0.15) is 37.0 Å². The van der Waals surface area contributed by atoms with Crippen LogP contribution in [-0.4, -0.2) is 47.6 Å². The Balaban J connectivity index is 1.47. The van der Waals surface area contributed by atoms with Crippen molar-refractivity contribution in [3.8, 4) is 10.4 Å². The molecule has 1 aliphatic rings. The van der Waals surface area contributed by atoms with Crippen LogP contribution in [0.25, 0.3) is 10.4 Å². The number of hydrogen-bond acceptors (Lipinski definition) is 7. The highest BCUT2D eigenvalue weighted by atomic mass is 32.1. The zero-order valence-corrected chi connectivity index (χ0v) is 26.3. The minimum absolute atomic E-state index is 0.0880. The van der Waals surface area contributed by atoms with Gasteiger partial charge < -0.3 is 9.64 Å². The van der Waals surface area contributed by atoms with Gasteiger partial charge in [-0.05, 0) is 54.4 Å². The molecule has 236 valence electrons. The zero-order valence-electron chi connectivity index (χ0n) is 24.5. The summed E-state index contributed by atoms with van der Waals surface area (Å²) in [5.74, 6) is -1.78. The second-order valence-electron chi connectivity index (χ2n) is 11.7. The molecule has 0 N–H and O–H groups in total. The molecule has 9 nitrogen and oxygen atoms in total. The SMILES string of the molecule is C[Si](C)(C)CCOCn1nc(C(F)(F)F)cc1C(=O)c1cc2c(s1)-c1ccc(F)cc1N(C(=O)c1ccc([N+](=O)[O-])cc1)CC2. The average Bonchev–Trinajstić information content (AvgIpc) is 3.56. The number of fused-ring (bicyclic) bond motifs is 3. The summed E-state index contributed by atoms with van der Waals surface area (Å²) >= 11 is 1.03. The zero-order chi connectivity index (χ0) is 32.7. The molecule has 4 aromatic rings. The van der Waals surface area contributed by atoms with Crippen LogP contribution in [0.5, 0.6) is 0 Å². The molecule has 0 aliphatic carbocycles. The number of anilines is 1. The molecule has 1 aliphatic heterocycles. The number of halogens is 4. The normalized spacial score (nSPS) is 13.3. The first kappa shape index (κ1) is 32.2. The Morgan fingerprint density at radius 2 is 1.80 bits per heavy atom. The second-order valence-corrected chi connectivity index (χ2v) is 18.4. The van der Waals surface area contributed by atoms with Gasteiger partial charge in [-0.1, -0.05) is 19.6 Å². The number of aromatic nitrogens is 2. The molecule has 0 unspecified atom stereocenters. The quantitative estimate of drug-likeness (QED) is 0.0462. The highest BCUT2D eigenvalue weighted by molar-refractivity contribution is 7.17. The fourth-order valence-corrected chi connectivity index (χ4v) is 6.76. The number of hydrogen-bond donors (Lipinski definition) is 0. The number of nitro groups is 1. The molecule has 1 amide bonds. The molecule has 2 aromatic carbocycles. The van der Waals surface area contributed by atoms with Crippen molar-refractivity contribution < 1.29 is 36.8 Å². The van der Waals surface area contributed by atoms with E-state index in [1.54, 1.807) is 6.07 Å². The maximum Gasteiger partial charge on any atom is 0.435 e. The monoisotopic (exact) mass is 660 g/mol. The number of ketones is 1. The van der Waals surface area contributed by atoms with E-state index in [1.807, 2.05) is 0 Å². The van der Waals surface area contributed by atoms with E-state index in [-0.39, 0.29) is 47.2 Å². The Labute approximate surface area is 260 Å². The highest BCUT2D eigenvalue weighted by Crippen LogP contribution is 2.43. The molecule has 0 bridgehead atoms. The summed E-state index contributed by atoms with van der Waals surface area (Å²) in [6, 6.07) is 12.0.